The lowest BCUT2D eigenvalue weighted by Crippen LogP contribution is -2.48. The molecule has 2 aromatic rings. The van der Waals surface area contributed by atoms with Crippen LogP contribution in [0.2, 0.25) is 0 Å². The van der Waals surface area contributed by atoms with Crippen molar-refractivity contribution in [1.82, 2.24) is 9.88 Å². The molecule has 2 aromatic heterocycles. The Kier molecular flexibility index (Phi) is 4.96. The predicted molar refractivity (Wildman–Crippen MR) is 95.4 cm³/mol. The zero-order valence-corrected chi connectivity index (χ0v) is 14.6. The zero-order valence-electron chi connectivity index (χ0n) is 13.8. The van der Waals surface area contributed by atoms with E-state index in [1.165, 1.54) is 16.1 Å². The van der Waals surface area contributed by atoms with E-state index in [4.69, 9.17) is 0 Å². The summed E-state index contributed by atoms with van der Waals surface area (Å²) in [4.78, 5) is 23.3. The summed E-state index contributed by atoms with van der Waals surface area (Å²) in [6, 6.07) is 6.15. The minimum atomic E-state index is 0.190. The molecule has 0 N–H and O–H groups in total. The summed E-state index contributed by atoms with van der Waals surface area (Å²) in [5.74, 6) is 0.190. The van der Waals surface area contributed by atoms with E-state index >= 15 is 0 Å². The molecule has 3 rings (SSSR count). The van der Waals surface area contributed by atoms with Crippen molar-refractivity contribution >= 4 is 22.9 Å². The first-order valence-electron chi connectivity index (χ1n) is 8.22. The van der Waals surface area contributed by atoms with E-state index in [1.54, 1.807) is 11.3 Å². The van der Waals surface area contributed by atoms with Gasteiger partial charge in [0.25, 0.3) is 5.91 Å². The Morgan fingerprint density at radius 3 is 2.57 bits per heavy atom. The van der Waals surface area contributed by atoms with Gasteiger partial charge in [0.05, 0.1) is 4.88 Å². The Morgan fingerprint density at radius 1 is 1.22 bits per heavy atom. The molecule has 1 amide bonds. The summed E-state index contributed by atoms with van der Waals surface area (Å²) in [7, 11) is 0. The maximum absolute atomic E-state index is 12.7. The number of hydrogen-bond donors (Lipinski definition) is 0. The molecule has 0 radical (unpaired) electrons. The van der Waals surface area contributed by atoms with Gasteiger partial charge in [0.1, 0.15) is 0 Å². The van der Waals surface area contributed by atoms with E-state index in [0.717, 1.165) is 43.9 Å². The summed E-state index contributed by atoms with van der Waals surface area (Å²) in [5.41, 5.74) is 2.51. The minimum Gasteiger partial charge on any atom is -0.368 e. The molecule has 1 fully saturated rings. The van der Waals surface area contributed by atoms with Crippen LogP contribution in [0.5, 0.6) is 0 Å². The highest BCUT2D eigenvalue weighted by molar-refractivity contribution is 7.14. The Bertz CT molecular complexity index is 660. The molecule has 1 saturated heterocycles. The maximum atomic E-state index is 12.7. The highest BCUT2D eigenvalue weighted by Gasteiger charge is 2.24. The molecule has 1 aliphatic rings. The molecule has 122 valence electrons. The summed E-state index contributed by atoms with van der Waals surface area (Å²) < 4.78 is 0. The van der Waals surface area contributed by atoms with E-state index in [0.29, 0.717) is 0 Å². The van der Waals surface area contributed by atoms with Gasteiger partial charge in [-0.3, -0.25) is 9.78 Å². The first kappa shape index (κ1) is 16.0. The average molecular weight is 329 g/mol. The molecule has 0 bridgehead atoms. The number of pyridine rings is 1. The molecular weight excluding hydrogens is 306 g/mol. The van der Waals surface area contributed by atoms with Crippen LogP contribution < -0.4 is 4.90 Å². The van der Waals surface area contributed by atoms with Crippen molar-refractivity contribution in [2.24, 2.45) is 0 Å². The number of piperazine rings is 1. The SMILES string of the molecule is CCCc1cc(C(=O)N2CCN(c3ccncc3)CC2)sc1C. The van der Waals surface area contributed by atoms with Gasteiger partial charge in [0, 0.05) is 49.1 Å². The number of carbonyl (C=O) groups is 1. The molecule has 0 saturated carbocycles. The summed E-state index contributed by atoms with van der Waals surface area (Å²) in [5, 5.41) is 0. The molecule has 0 aliphatic carbocycles. The summed E-state index contributed by atoms with van der Waals surface area (Å²) in [6.07, 6.45) is 5.81. The molecule has 1 aliphatic heterocycles. The molecule has 5 heteroatoms. The van der Waals surface area contributed by atoms with Crippen LogP contribution in [0.3, 0.4) is 0 Å². The molecule has 3 heterocycles. The van der Waals surface area contributed by atoms with Crippen molar-refractivity contribution in [1.29, 1.82) is 0 Å². The lowest BCUT2D eigenvalue weighted by atomic mass is 10.1. The first-order chi connectivity index (χ1) is 11.2. The second-order valence-electron chi connectivity index (χ2n) is 5.93. The van der Waals surface area contributed by atoms with Crippen LogP contribution in [0.15, 0.2) is 30.6 Å². The number of rotatable bonds is 4. The van der Waals surface area contributed by atoms with E-state index in [1.807, 2.05) is 29.4 Å². The van der Waals surface area contributed by atoms with E-state index in [2.05, 4.69) is 29.8 Å². The number of carbonyl (C=O) groups excluding carboxylic acids is 1. The van der Waals surface area contributed by atoms with Gasteiger partial charge in [-0.15, -0.1) is 11.3 Å². The Balaban J connectivity index is 1.63. The highest BCUT2D eigenvalue weighted by atomic mass is 32.1. The molecular formula is C18H23N3OS. The van der Waals surface area contributed by atoms with Gasteiger partial charge in [-0.1, -0.05) is 13.3 Å². The zero-order chi connectivity index (χ0) is 16.2. The third kappa shape index (κ3) is 3.55. The van der Waals surface area contributed by atoms with Crippen molar-refractivity contribution in [2.75, 3.05) is 31.1 Å². The molecule has 23 heavy (non-hydrogen) atoms. The van der Waals surface area contributed by atoms with Crippen LogP contribution in [0, 0.1) is 6.92 Å². The number of aryl methyl sites for hydroxylation is 2. The fourth-order valence-corrected chi connectivity index (χ4v) is 4.06. The van der Waals surface area contributed by atoms with Gasteiger partial charge < -0.3 is 9.80 Å². The predicted octanol–water partition coefficient (Wildman–Crippen LogP) is 3.37. The maximum Gasteiger partial charge on any atom is 0.264 e. The molecule has 0 aromatic carbocycles. The fourth-order valence-electron chi connectivity index (χ4n) is 3.02. The van der Waals surface area contributed by atoms with Crippen LogP contribution >= 0.6 is 11.3 Å². The number of anilines is 1. The first-order valence-corrected chi connectivity index (χ1v) is 9.04. The highest BCUT2D eigenvalue weighted by Crippen LogP contribution is 2.25. The number of thiophene rings is 1. The standard InChI is InChI=1S/C18H23N3OS/c1-3-4-15-13-17(23-14(15)2)18(22)21-11-9-20(10-12-21)16-5-7-19-8-6-16/h5-8,13H,3-4,9-12H2,1-2H3. The smallest absolute Gasteiger partial charge is 0.264 e. The number of amides is 1. The Hall–Kier alpha value is -1.88. The van der Waals surface area contributed by atoms with Crippen molar-refractivity contribution < 1.29 is 4.79 Å². The average Bonchev–Trinajstić information content (AvgIpc) is 2.96. The Labute approximate surface area is 141 Å². The summed E-state index contributed by atoms with van der Waals surface area (Å²) in [6.45, 7) is 7.61. The molecule has 4 nitrogen and oxygen atoms in total. The van der Waals surface area contributed by atoms with Gasteiger partial charge in [-0.25, -0.2) is 0 Å². The lowest BCUT2D eigenvalue weighted by molar-refractivity contribution is 0.0751. The van der Waals surface area contributed by atoms with Gasteiger partial charge in [0.15, 0.2) is 0 Å². The van der Waals surface area contributed by atoms with E-state index in [-0.39, 0.29) is 5.91 Å². The van der Waals surface area contributed by atoms with Crippen LogP contribution in [0.25, 0.3) is 0 Å². The third-order valence-electron chi connectivity index (χ3n) is 4.35. The number of hydrogen-bond acceptors (Lipinski definition) is 4. The van der Waals surface area contributed by atoms with Crippen LogP contribution in [-0.2, 0) is 6.42 Å². The fraction of sp³-hybridized carbons (Fsp3) is 0.444. The quantitative estimate of drug-likeness (QED) is 0.863. The van der Waals surface area contributed by atoms with Gasteiger partial charge in [-0.05, 0) is 37.1 Å². The van der Waals surface area contributed by atoms with Gasteiger partial charge in [0.2, 0.25) is 0 Å². The van der Waals surface area contributed by atoms with Gasteiger partial charge >= 0.3 is 0 Å². The normalized spacial score (nSPS) is 15.0. The largest absolute Gasteiger partial charge is 0.368 e. The minimum absolute atomic E-state index is 0.190. The van der Waals surface area contributed by atoms with Crippen molar-refractivity contribution in [3.8, 4) is 0 Å². The number of aromatic nitrogens is 1. The second kappa shape index (κ2) is 7.13. The lowest BCUT2D eigenvalue weighted by Gasteiger charge is -2.35. The summed E-state index contributed by atoms with van der Waals surface area (Å²) >= 11 is 1.64. The number of nitrogens with zero attached hydrogens (tertiary/aromatic N) is 3. The van der Waals surface area contributed by atoms with E-state index in [9.17, 15) is 4.79 Å². The van der Waals surface area contributed by atoms with Crippen LogP contribution in [0.4, 0.5) is 5.69 Å². The third-order valence-corrected chi connectivity index (χ3v) is 5.43. The monoisotopic (exact) mass is 329 g/mol. The molecule has 0 unspecified atom stereocenters. The van der Waals surface area contributed by atoms with E-state index < -0.39 is 0 Å². The molecule has 0 atom stereocenters. The second-order valence-corrected chi connectivity index (χ2v) is 7.18. The van der Waals surface area contributed by atoms with Crippen LogP contribution in [0.1, 0.15) is 33.5 Å². The van der Waals surface area contributed by atoms with Crippen molar-refractivity contribution in [3.05, 3.63) is 45.9 Å². The van der Waals surface area contributed by atoms with Crippen molar-refractivity contribution in [3.63, 3.8) is 0 Å². The topological polar surface area (TPSA) is 36.4 Å². The van der Waals surface area contributed by atoms with Crippen LogP contribution in [-0.4, -0.2) is 42.0 Å². The Morgan fingerprint density at radius 2 is 1.91 bits per heavy atom. The van der Waals surface area contributed by atoms with Crippen molar-refractivity contribution in [2.45, 2.75) is 26.7 Å². The molecule has 0 spiro atoms. The van der Waals surface area contributed by atoms with Gasteiger partial charge in [-0.2, -0.15) is 0 Å².